The van der Waals surface area contributed by atoms with Crippen LogP contribution in [0.25, 0.3) is 0 Å². The lowest BCUT2D eigenvalue weighted by Crippen LogP contribution is -2.27. The van der Waals surface area contributed by atoms with Crippen LogP contribution in [0.5, 0.6) is 0 Å². The van der Waals surface area contributed by atoms with E-state index in [1.165, 1.54) is 6.92 Å². The maximum atomic E-state index is 12.6. The highest BCUT2D eigenvalue weighted by Crippen LogP contribution is 2.26. The Labute approximate surface area is 146 Å². The number of ketones is 1. The molecule has 1 atom stereocenters. The predicted octanol–water partition coefficient (Wildman–Crippen LogP) is 3.11. The molecule has 0 spiro atoms. The average Bonchev–Trinajstić information content (AvgIpc) is 2.62. The number of nitrogens with one attached hydrogen (secondary N) is 1. The maximum absolute atomic E-state index is 12.6. The van der Waals surface area contributed by atoms with E-state index in [1.807, 2.05) is 60.7 Å². The summed E-state index contributed by atoms with van der Waals surface area (Å²) in [6, 6.07) is 20.0. The molecular weight excluding hydrogens is 316 g/mol. The molecule has 0 heterocycles. The quantitative estimate of drug-likeness (QED) is 0.622. The first-order chi connectivity index (χ1) is 12.0. The summed E-state index contributed by atoms with van der Waals surface area (Å²) in [4.78, 5) is 24.6. The van der Waals surface area contributed by atoms with E-state index in [9.17, 15) is 9.59 Å². The lowest BCUT2D eigenvalue weighted by molar-refractivity contribution is -0.148. The van der Waals surface area contributed by atoms with Gasteiger partial charge in [0.05, 0.1) is 6.07 Å². The third-order valence-electron chi connectivity index (χ3n) is 3.74. The highest BCUT2D eigenvalue weighted by molar-refractivity contribution is 6.06. The normalized spacial score (nSPS) is 11.4. The van der Waals surface area contributed by atoms with Gasteiger partial charge in [0.1, 0.15) is 11.8 Å². The third-order valence-corrected chi connectivity index (χ3v) is 3.74. The average molecular weight is 334 g/mol. The summed E-state index contributed by atoms with van der Waals surface area (Å²) in [5.41, 5.74) is 1.45. The van der Waals surface area contributed by atoms with E-state index >= 15 is 0 Å². The van der Waals surface area contributed by atoms with Crippen LogP contribution in [0, 0.1) is 22.7 Å². The Balaban J connectivity index is 2.19. The third kappa shape index (κ3) is 4.61. The molecule has 126 valence electrons. The van der Waals surface area contributed by atoms with Gasteiger partial charge in [-0.25, -0.2) is 0 Å². The number of ether oxygens (including phenoxy) is 1. The number of nitriles is 1. The summed E-state index contributed by atoms with van der Waals surface area (Å²) in [5.74, 6) is -3.00. The van der Waals surface area contributed by atoms with Crippen molar-refractivity contribution in [2.45, 2.75) is 12.8 Å². The summed E-state index contributed by atoms with van der Waals surface area (Å²) in [5, 5.41) is 16.4. The molecule has 2 rings (SSSR count). The number of nitrogens with zero attached hydrogens (tertiary/aromatic N) is 1. The molecule has 1 unspecified atom stereocenters. The molecule has 2 aromatic carbocycles. The molecular formula is C20H18N2O3. The minimum Gasteiger partial charge on any atom is -0.457 e. The number of Topliss-reactive ketones (excluding diaryl/α,β-unsaturated/α-hetero) is 1. The second-order valence-corrected chi connectivity index (χ2v) is 5.57. The molecule has 0 bridgehead atoms. The fourth-order valence-corrected chi connectivity index (χ4v) is 2.47. The van der Waals surface area contributed by atoms with Crippen LogP contribution in [0.15, 0.2) is 60.7 Å². The largest absolute Gasteiger partial charge is 0.457 e. The predicted molar refractivity (Wildman–Crippen MR) is 93.2 cm³/mol. The van der Waals surface area contributed by atoms with Gasteiger partial charge in [-0.2, -0.15) is 5.26 Å². The van der Waals surface area contributed by atoms with E-state index in [4.69, 9.17) is 15.4 Å². The number of carbonyl (C=O) groups is 2. The van der Waals surface area contributed by atoms with Crippen LogP contribution in [-0.4, -0.2) is 24.1 Å². The molecule has 0 amide bonds. The fourth-order valence-electron chi connectivity index (χ4n) is 2.47. The molecule has 5 heteroatoms. The first kappa shape index (κ1) is 18.1. The van der Waals surface area contributed by atoms with Crippen molar-refractivity contribution in [1.82, 2.24) is 0 Å². The van der Waals surface area contributed by atoms with Gasteiger partial charge in [0, 0.05) is 5.71 Å². The van der Waals surface area contributed by atoms with Gasteiger partial charge in [-0.15, -0.1) is 0 Å². The van der Waals surface area contributed by atoms with Crippen molar-refractivity contribution in [2.24, 2.45) is 5.92 Å². The Kier molecular flexibility index (Phi) is 6.19. The van der Waals surface area contributed by atoms with Gasteiger partial charge in [0.15, 0.2) is 12.4 Å². The molecule has 1 N–H and O–H groups in total. The Bertz CT molecular complexity index is 755. The van der Waals surface area contributed by atoms with E-state index in [2.05, 4.69) is 0 Å². The van der Waals surface area contributed by atoms with Gasteiger partial charge in [0.25, 0.3) is 0 Å². The van der Waals surface area contributed by atoms with E-state index in [-0.39, 0.29) is 5.71 Å². The Hall–Kier alpha value is -3.26. The standard InChI is InChI=1S/C20H18N2O3/c1-14(22)17(12-21)18(23)13-25-20(24)19(15-8-4-2-5-9-15)16-10-6-3-7-11-16/h2-11,17,19,22H,13H2,1H3. The SMILES string of the molecule is CC(=N)C(C#N)C(=O)COC(=O)C(c1ccccc1)c1ccccc1. The molecule has 0 aromatic heterocycles. The van der Waals surface area contributed by atoms with Crippen molar-refractivity contribution in [3.05, 3.63) is 71.8 Å². The first-order valence-corrected chi connectivity index (χ1v) is 7.78. The van der Waals surface area contributed by atoms with Crippen LogP contribution in [0.2, 0.25) is 0 Å². The minimum atomic E-state index is -1.18. The highest BCUT2D eigenvalue weighted by Gasteiger charge is 2.27. The molecule has 2 aromatic rings. The first-order valence-electron chi connectivity index (χ1n) is 7.78. The van der Waals surface area contributed by atoms with Crippen molar-refractivity contribution in [1.29, 1.82) is 10.7 Å². The molecule has 0 aliphatic rings. The smallest absolute Gasteiger partial charge is 0.318 e. The molecule has 0 aliphatic carbocycles. The Morgan fingerprint density at radius 2 is 1.52 bits per heavy atom. The molecule has 0 radical (unpaired) electrons. The van der Waals surface area contributed by atoms with E-state index < -0.39 is 30.2 Å². The zero-order valence-corrected chi connectivity index (χ0v) is 13.8. The molecule has 0 saturated carbocycles. The second kappa shape index (κ2) is 8.55. The second-order valence-electron chi connectivity index (χ2n) is 5.57. The topological polar surface area (TPSA) is 91.0 Å². The molecule has 0 fully saturated rings. The van der Waals surface area contributed by atoms with Crippen molar-refractivity contribution in [3.8, 4) is 6.07 Å². The lowest BCUT2D eigenvalue weighted by Gasteiger charge is -2.17. The monoisotopic (exact) mass is 334 g/mol. The summed E-state index contributed by atoms with van der Waals surface area (Å²) < 4.78 is 5.17. The van der Waals surface area contributed by atoms with Gasteiger partial charge < -0.3 is 10.1 Å². The van der Waals surface area contributed by atoms with Crippen molar-refractivity contribution < 1.29 is 14.3 Å². The van der Waals surface area contributed by atoms with Crippen molar-refractivity contribution in [3.63, 3.8) is 0 Å². The molecule has 5 nitrogen and oxygen atoms in total. The van der Waals surface area contributed by atoms with Gasteiger partial charge in [0.2, 0.25) is 0 Å². The summed E-state index contributed by atoms with van der Waals surface area (Å²) >= 11 is 0. The van der Waals surface area contributed by atoms with E-state index in [0.717, 1.165) is 11.1 Å². The van der Waals surface area contributed by atoms with Gasteiger partial charge in [-0.05, 0) is 18.1 Å². The van der Waals surface area contributed by atoms with Gasteiger partial charge >= 0.3 is 5.97 Å². The molecule has 25 heavy (non-hydrogen) atoms. The zero-order valence-electron chi connectivity index (χ0n) is 13.8. The van der Waals surface area contributed by atoms with Crippen LogP contribution < -0.4 is 0 Å². The minimum absolute atomic E-state index is 0.0637. The fraction of sp³-hybridized carbons (Fsp3) is 0.200. The number of hydrogen-bond acceptors (Lipinski definition) is 5. The Morgan fingerprint density at radius 1 is 1.04 bits per heavy atom. The summed E-state index contributed by atoms with van der Waals surface area (Å²) in [6.07, 6.45) is 0. The van der Waals surface area contributed by atoms with Crippen molar-refractivity contribution >= 4 is 17.5 Å². The summed E-state index contributed by atoms with van der Waals surface area (Å²) in [7, 11) is 0. The summed E-state index contributed by atoms with van der Waals surface area (Å²) in [6.45, 7) is 0.855. The van der Waals surface area contributed by atoms with E-state index in [0.29, 0.717) is 0 Å². The number of hydrogen-bond donors (Lipinski definition) is 1. The van der Waals surface area contributed by atoms with Crippen LogP contribution in [-0.2, 0) is 14.3 Å². The van der Waals surface area contributed by atoms with Crippen LogP contribution in [0.1, 0.15) is 24.0 Å². The maximum Gasteiger partial charge on any atom is 0.318 e. The Morgan fingerprint density at radius 3 is 1.92 bits per heavy atom. The number of rotatable bonds is 7. The number of carbonyl (C=O) groups excluding carboxylic acids is 2. The van der Waals surface area contributed by atoms with Crippen molar-refractivity contribution in [2.75, 3.05) is 6.61 Å². The van der Waals surface area contributed by atoms with Gasteiger partial charge in [-0.1, -0.05) is 60.7 Å². The zero-order chi connectivity index (χ0) is 18.2. The van der Waals surface area contributed by atoms with Crippen LogP contribution >= 0.6 is 0 Å². The number of esters is 1. The number of benzene rings is 2. The molecule has 0 aliphatic heterocycles. The van der Waals surface area contributed by atoms with Gasteiger partial charge in [-0.3, -0.25) is 9.59 Å². The van der Waals surface area contributed by atoms with Crippen LogP contribution in [0.3, 0.4) is 0 Å². The molecule has 0 saturated heterocycles. The van der Waals surface area contributed by atoms with Crippen LogP contribution in [0.4, 0.5) is 0 Å². The highest BCUT2D eigenvalue weighted by atomic mass is 16.5. The van der Waals surface area contributed by atoms with E-state index in [1.54, 1.807) is 6.07 Å². The lowest BCUT2D eigenvalue weighted by atomic mass is 9.91.